The quantitative estimate of drug-likeness (QED) is 0.282. The monoisotopic (exact) mass is 593 g/mol. The van der Waals surface area contributed by atoms with Crippen LogP contribution in [0.1, 0.15) is 41.1 Å². The summed E-state index contributed by atoms with van der Waals surface area (Å²) in [6, 6.07) is 7.54. The number of hydrogen-bond acceptors (Lipinski definition) is 9. The van der Waals surface area contributed by atoms with E-state index in [-0.39, 0.29) is 10.6 Å². The lowest BCUT2D eigenvalue weighted by Gasteiger charge is -2.18. The summed E-state index contributed by atoms with van der Waals surface area (Å²) in [4.78, 5) is 43.3. The molecule has 1 atom stereocenters. The maximum atomic E-state index is 12.8. The number of hydrogen-bond donors (Lipinski definition) is 1. The third kappa shape index (κ3) is 7.02. The van der Waals surface area contributed by atoms with Crippen molar-refractivity contribution in [1.29, 1.82) is 0 Å². The highest BCUT2D eigenvalue weighted by Gasteiger charge is 2.30. The van der Waals surface area contributed by atoms with Gasteiger partial charge in [-0.05, 0) is 49.8 Å². The molecule has 1 aliphatic carbocycles. The summed E-state index contributed by atoms with van der Waals surface area (Å²) >= 11 is 2.54. The van der Waals surface area contributed by atoms with Gasteiger partial charge in [-0.2, -0.15) is 4.99 Å². The molecule has 0 bridgehead atoms. The van der Waals surface area contributed by atoms with E-state index in [0.717, 1.165) is 33.5 Å². The fraction of sp³-hybridized carbons (Fsp3) is 0.462. The molecular weight excluding hydrogens is 563 g/mol. The Kier molecular flexibility index (Phi) is 9.36. The smallest absolute Gasteiger partial charge is 0.341 e. The molecule has 4 rings (SSSR count). The van der Waals surface area contributed by atoms with Crippen molar-refractivity contribution in [3.8, 4) is 0 Å². The highest BCUT2D eigenvalue weighted by molar-refractivity contribution is 7.92. The minimum atomic E-state index is -4.13. The normalized spacial score (nSPS) is 15.8. The number of para-hydroxylation sites is 1. The van der Waals surface area contributed by atoms with Crippen LogP contribution in [0.2, 0.25) is 0 Å². The average Bonchev–Trinajstić information content (AvgIpc) is 3.39. The van der Waals surface area contributed by atoms with E-state index in [9.17, 15) is 22.8 Å². The van der Waals surface area contributed by atoms with Gasteiger partial charge in [0.05, 0.1) is 29.5 Å². The van der Waals surface area contributed by atoms with Gasteiger partial charge in [0.1, 0.15) is 16.5 Å². The molecule has 0 saturated heterocycles. The van der Waals surface area contributed by atoms with E-state index < -0.39 is 39.1 Å². The van der Waals surface area contributed by atoms with Crippen molar-refractivity contribution in [2.75, 3.05) is 37.1 Å². The van der Waals surface area contributed by atoms with Gasteiger partial charge in [-0.3, -0.25) is 9.59 Å². The van der Waals surface area contributed by atoms with E-state index in [2.05, 4.69) is 17.2 Å². The maximum Gasteiger partial charge on any atom is 0.341 e. The van der Waals surface area contributed by atoms with Gasteiger partial charge in [-0.15, -0.1) is 11.3 Å². The highest BCUT2D eigenvalue weighted by atomic mass is 32.2. The van der Waals surface area contributed by atoms with Crippen LogP contribution < -0.4 is 10.1 Å². The third-order valence-electron chi connectivity index (χ3n) is 6.32. The molecule has 1 N–H and O–H groups in total. The molecule has 210 valence electrons. The Morgan fingerprint density at radius 2 is 1.95 bits per heavy atom. The standard InChI is InChI=1S/C26H31N3O7S3/c1-4-36-12-11-29-18-7-5-6-8-19(18)38-26(29)28-22(31)15-39(33,34)14-21(30)27-24-23(25(32)35-3)17-10-9-16(2)13-20(17)37-24/h5-8,16H,4,9-15H2,1-3H3,(H,27,30). The summed E-state index contributed by atoms with van der Waals surface area (Å²) in [6.07, 6.45) is 2.37. The summed E-state index contributed by atoms with van der Waals surface area (Å²) in [7, 11) is -2.87. The van der Waals surface area contributed by atoms with Gasteiger partial charge in [0.25, 0.3) is 5.91 Å². The number of aromatic nitrogens is 1. The van der Waals surface area contributed by atoms with Crippen LogP contribution in [0.25, 0.3) is 10.2 Å². The number of benzene rings is 1. The van der Waals surface area contributed by atoms with Crippen LogP contribution in [0.3, 0.4) is 0 Å². The number of rotatable bonds is 10. The zero-order valence-corrected chi connectivity index (χ0v) is 24.5. The van der Waals surface area contributed by atoms with Crippen LogP contribution in [0.5, 0.6) is 0 Å². The molecule has 0 fully saturated rings. The number of thiophene rings is 1. The number of carbonyl (C=O) groups excluding carboxylic acids is 3. The Bertz CT molecular complexity index is 1570. The second kappa shape index (κ2) is 12.5. The molecule has 0 saturated carbocycles. The van der Waals surface area contributed by atoms with Crippen LogP contribution in [0.4, 0.5) is 5.00 Å². The molecule has 0 aliphatic heterocycles. The van der Waals surface area contributed by atoms with Crippen LogP contribution in [0.15, 0.2) is 29.3 Å². The molecule has 2 aromatic heterocycles. The van der Waals surface area contributed by atoms with Gasteiger partial charge in [-0.25, -0.2) is 13.2 Å². The number of methoxy groups -OCH3 is 1. The first-order valence-corrected chi connectivity index (χ1v) is 16.0. The molecule has 1 unspecified atom stereocenters. The van der Waals surface area contributed by atoms with Crippen LogP contribution in [0, 0.1) is 5.92 Å². The van der Waals surface area contributed by atoms with Gasteiger partial charge in [0.2, 0.25) is 5.91 Å². The molecule has 2 heterocycles. The first-order chi connectivity index (χ1) is 18.6. The van der Waals surface area contributed by atoms with E-state index in [4.69, 9.17) is 9.47 Å². The summed E-state index contributed by atoms with van der Waals surface area (Å²) in [5.74, 6) is -3.65. The van der Waals surface area contributed by atoms with Crippen molar-refractivity contribution < 1.29 is 32.3 Å². The number of nitrogens with zero attached hydrogens (tertiary/aromatic N) is 2. The summed E-state index contributed by atoms with van der Waals surface area (Å²) < 4.78 is 38.6. The summed E-state index contributed by atoms with van der Waals surface area (Å²) in [5.41, 5.74) is 1.99. The zero-order valence-electron chi connectivity index (χ0n) is 22.0. The van der Waals surface area contributed by atoms with Crippen LogP contribution >= 0.6 is 22.7 Å². The van der Waals surface area contributed by atoms with Crippen LogP contribution in [-0.4, -0.2) is 62.6 Å². The predicted octanol–water partition coefficient (Wildman–Crippen LogP) is 3.19. The Morgan fingerprint density at radius 3 is 2.69 bits per heavy atom. The molecule has 0 spiro atoms. The number of nitrogens with one attached hydrogen (secondary N) is 1. The predicted molar refractivity (Wildman–Crippen MR) is 151 cm³/mol. The first-order valence-electron chi connectivity index (χ1n) is 12.6. The molecule has 1 aliphatic rings. The number of sulfone groups is 1. The van der Waals surface area contributed by atoms with E-state index >= 15 is 0 Å². The zero-order chi connectivity index (χ0) is 28.2. The van der Waals surface area contributed by atoms with Crippen molar-refractivity contribution in [2.24, 2.45) is 10.9 Å². The van der Waals surface area contributed by atoms with Gasteiger partial charge in [-0.1, -0.05) is 30.4 Å². The lowest BCUT2D eigenvalue weighted by atomic mass is 9.88. The number of esters is 1. The summed E-state index contributed by atoms with van der Waals surface area (Å²) in [5, 5.41) is 2.85. The Balaban J connectivity index is 1.49. The SMILES string of the molecule is CCOCCn1c(=NC(=O)CS(=O)(=O)CC(=O)Nc2sc3c(c2C(=O)OC)CCC(C)C3)sc2ccccc21. The lowest BCUT2D eigenvalue weighted by molar-refractivity contribution is -0.115. The van der Waals surface area contributed by atoms with E-state index in [0.29, 0.717) is 36.9 Å². The minimum Gasteiger partial charge on any atom is -0.465 e. The highest BCUT2D eigenvalue weighted by Crippen LogP contribution is 2.40. The Labute approximate surface area is 234 Å². The average molecular weight is 594 g/mol. The number of thiazole rings is 1. The van der Waals surface area contributed by atoms with E-state index in [1.165, 1.54) is 29.8 Å². The molecule has 10 nitrogen and oxygen atoms in total. The van der Waals surface area contributed by atoms with Crippen molar-refractivity contribution in [2.45, 2.75) is 39.7 Å². The number of anilines is 1. The largest absolute Gasteiger partial charge is 0.465 e. The topological polar surface area (TPSA) is 133 Å². The number of fused-ring (bicyclic) bond motifs is 2. The van der Waals surface area contributed by atoms with Gasteiger partial charge in [0.15, 0.2) is 14.6 Å². The maximum absolute atomic E-state index is 12.8. The third-order valence-corrected chi connectivity index (χ3v) is 9.94. The number of ether oxygens (including phenoxy) is 2. The minimum absolute atomic E-state index is 0.276. The second-order valence-electron chi connectivity index (χ2n) is 9.33. The van der Waals surface area contributed by atoms with E-state index in [1.54, 1.807) is 0 Å². The Hall–Kier alpha value is -2.87. The van der Waals surface area contributed by atoms with Crippen molar-refractivity contribution in [3.63, 3.8) is 0 Å². The van der Waals surface area contributed by atoms with Crippen molar-refractivity contribution in [3.05, 3.63) is 45.1 Å². The number of amides is 2. The fourth-order valence-electron chi connectivity index (χ4n) is 4.52. The van der Waals surface area contributed by atoms with Gasteiger partial charge < -0.3 is 19.4 Å². The lowest BCUT2D eigenvalue weighted by Crippen LogP contribution is -2.28. The fourth-order valence-corrected chi connectivity index (χ4v) is 8.02. The molecule has 1 aromatic carbocycles. The first kappa shape index (κ1) is 29.1. The molecular formula is C26H31N3O7S3. The molecule has 0 radical (unpaired) electrons. The van der Waals surface area contributed by atoms with Crippen molar-refractivity contribution in [1.82, 2.24) is 4.57 Å². The van der Waals surface area contributed by atoms with Crippen molar-refractivity contribution >= 4 is 65.5 Å². The Morgan fingerprint density at radius 1 is 1.18 bits per heavy atom. The molecule has 39 heavy (non-hydrogen) atoms. The second-order valence-corrected chi connectivity index (χ2v) is 13.5. The number of carbonyl (C=O) groups is 3. The van der Waals surface area contributed by atoms with Gasteiger partial charge in [0, 0.05) is 18.0 Å². The van der Waals surface area contributed by atoms with E-state index in [1.807, 2.05) is 35.8 Å². The molecule has 3 aromatic rings. The van der Waals surface area contributed by atoms with Gasteiger partial charge >= 0.3 is 5.97 Å². The molecule has 2 amide bonds. The molecule has 13 heteroatoms. The summed E-state index contributed by atoms with van der Waals surface area (Å²) in [6.45, 7) is 5.41. The van der Waals surface area contributed by atoms with Crippen LogP contribution in [-0.2, 0) is 48.3 Å².